The Morgan fingerprint density at radius 2 is 2.10 bits per heavy atom. The molecule has 0 aliphatic heterocycles. The predicted molar refractivity (Wildman–Crippen MR) is 81.7 cm³/mol. The minimum absolute atomic E-state index is 0.299. The van der Waals surface area contributed by atoms with E-state index in [0.29, 0.717) is 24.7 Å². The van der Waals surface area contributed by atoms with Gasteiger partial charge < -0.3 is 0 Å². The highest BCUT2D eigenvalue weighted by atomic mass is 16.1. The van der Waals surface area contributed by atoms with Gasteiger partial charge in [-0.15, -0.1) is 0 Å². The van der Waals surface area contributed by atoms with E-state index in [1.165, 1.54) is 18.4 Å². The number of rotatable bonds is 7. The Morgan fingerprint density at radius 3 is 2.75 bits per heavy atom. The van der Waals surface area contributed by atoms with Gasteiger partial charge in [0.05, 0.1) is 18.2 Å². The molecular formula is C17H26N2O. The molecule has 0 unspecified atom stereocenters. The Labute approximate surface area is 122 Å². The highest BCUT2D eigenvalue weighted by molar-refractivity contribution is 5.82. The van der Waals surface area contributed by atoms with Gasteiger partial charge in [0.25, 0.3) is 0 Å². The first-order valence-corrected chi connectivity index (χ1v) is 7.96. The topological polar surface area (TPSA) is 34.9 Å². The van der Waals surface area contributed by atoms with Crippen molar-refractivity contribution in [2.24, 2.45) is 0 Å². The SMILES string of the molecule is CCC(CC)n1ccc(CC(=O)CC2=CCCCC2)n1. The van der Waals surface area contributed by atoms with Crippen LogP contribution >= 0.6 is 0 Å². The van der Waals surface area contributed by atoms with Crippen LogP contribution in [0.3, 0.4) is 0 Å². The number of aromatic nitrogens is 2. The first-order valence-electron chi connectivity index (χ1n) is 7.96. The summed E-state index contributed by atoms with van der Waals surface area (Å²) in [6.07, 6.45) is 12.3. The van der Waals surface area contributed by atoms with Gasteiger partial charge in [-0.25, -0.2) is 0 Å². The van der Waals surface area contributed by atoms with E-state index in [1.807, 2.05) is 16.9 Å². The maximum atomic E-state index is 12.1. The average molecular weight is 274 g/mol. The van der Waals surface area contributed by atoms with Crippen molar-refractivity contribution in [2.75, 3.05) is 0 Å². The second kappa shape index (κ2) is 7.41. The molecule has 0 saturated carbocycles. The smallest absolute Gasteiger partial charge is 0.142 e. The summed E-state index contributed by atoms with van der Waals surface area (Å²) in [7, 11) is 0. The van der Waals surface area contributed by atoms with Gasteiger partial charge in [-0.2, -0.15) is 5.10 Å². The lowest BCUT2D eigenvalue weighted by atomic mass is 9.95. The molecule has 2 rings (SSSR count). The molecule has 0 N–H and O–H groups in total. The molecule has 0 aromatic carbocycles. The van der Waals surface area contributed by atoms with Gasteiger partial charge >= 0.3 is 0 Å². The quantitative estimate of drug-likeness (QED) is 0.697. The van der Waals surface area contributed by atoms with Crippen molar-refractivity contribution in [2.45, 2.75) is 71.3 Å². The van der Waals surface area contributed by atoms with E-state index < -0.39 is 0 Å². The molecule has 0 atom stereocenters. The van der Waals surface area contributed by atoms with Crippen LogP contribution in [0.15, 0.2) is 23.9 Å². The average Bonchev–Trinajstić information content (AvgIpc) is 2.89. The van der Waals surface area contributed by atoms with E-state index in [9.17, 15) is 4.79 Å². The number of ketones is 1. The van der Waals surface area contributed by atoms with Crippen LogP contribution in [0.2, 0.25) is 0 Å². The third-order valence-corrected chi connectivity index (χ3v) is 4.17. The lowest BCUT2D eigenvalue weighted by Crippen LogP contribution is -2.10. The van der Waals surface area contributed by atoms with Gasteiger partial charge in [0.15, 0.2) is 0 Å². The highest BCUT2D eigenvalue weighted by Crippen LogP contribution is 2.21. The molecule has 0 saturated heterocycles. The van der Waals surface area contributed by atoms with Crippen LogP contribution in [0.25, 0.3) is 0 Å². The van der Waals surface area contributed by atoms with Crippen molar-refractivity contribution in [1.82, 2.24) is 9.78 Å². The second-order valence-corrected chi connectivity index (χ2v) is 5.76. The van der Waals surface area contributed by atoms with Gasteiger partial charge in [-0.1, -0.05) is 25.5 Å². The fourth-order valence-electron chi connectivity index (χ4n) is 2.92. The summed E-state index contributed by atoms with van der Waals surface area (Å²) in [4.78, 5) is 12.1. The summed E-state index contributed by atoms with van der Waals surface area (Å²) in [6, 6.07) is 2.45. The summed E-state index contributed by atoms with van der Waals surface area (Å²) in [5, 5.41) is 4.56. The fourth-order valence-corrected chi connectivity index (χ4v) is 2.92. The second-order valence-electron chi connectivity index (χ2n) is 5.76. The summed E-state index contributed by atoms with van der Waals surface area (Å²) >= 11 is 0. The molecule has 20 heavy (non-hydrogen) atoms. The summed E-state index contributed by atoms with van der Waals surface area (Å²) in [5.41, 5.74) is 2.25. The van der Waals surface area contributed by atoms with Gasteiger partial charge in [-0.3, -0.25) is 9.48 Å². The third-order valence-electron chi connectivity index (χ3n) is 4.17. The zero-order valence-electron chi connectivity index (χ0n) is 12.8. The van der Waals surface area contributed by atoms with Crippen LogP contribution in [-0.2, 0) is 11.2 Å². The maximum Gasteiger partial charge on any atom is 0.142 e. The first kappa shape index (κ1) is 15.0. The van der Waals surface area contributed by atoms with Gasteiger partial charge in [0.2, 0.25) is 0 Å². The normalized spacial score (nSPS) is 15.4. The van der Waals surface area contributed by atoms with E-state index in [-0.39, 0.29) is 0 Å². The third kappa shape index (κ3) is 4.06. The largest absolute Gasteiger partial charge is 0.299 e. The minimum Gasteiger partial charge on any atom is -0.299 e. The van der Waals surface area contributed by atoms with Crippen molar-refractivity contribution < 1.29 is 4.79 Å². The lowest BCUT2D eigenvalue weighted by Gasteiger charge is -2.12. The molecule has 0 radical (unpaired) electrons. The highest BCUT2D eigenvalue weighted by Gasteiger charge is 2.13. The molecule has 1 aromatic heterocycles. The van der Waals surface area contributed by atoms with Crippen molar-refractivity contribution in [3.63, 3.8) is 0 Å². The molecule has 0 bridgehead atoms. The molecule has 3 nitrogen and oxygen atoms in total. The molecule has 0 amide bonds. The van der Waals surface area contributed by atoms with Crippen LogP contribution in [0.4, 0.5) is 0 Å². The number of hydrogen-bond donors (Lipinski definition) is 0. The Hall–Kier alpha value is -1.38. The Morgan fingerprint density at radius 1 is 1.30 bits per heavy atom. The Balaban J connectivity index is 1.89. The van der Waals surface area contributed by atoms with E-state index in [2.05, 4.69) is 25.0 Å². The maximum absolute atomic E-state index is 12.1. The van der Waals surface area contributed by atoms with Crippen molar-refractivity contribution in [3.8, 4) is 0 Å². The molecule has 1 heterocycles. The van der Waals surface area contributed by atoms with Crippen molar-refractivity contribution >= 4 is 5.78 Å². The number of carbonyl (C=O) groups excluding carboxylic acids is 1. The van der Waals surface area contributed by atoms with Crippen LogP contribution in [-0.4, -0.2) is 15.6 Å². The molecule has 1 aliphatic rings. The summed E-state index contributed by atoms with van der Waals surface area (Å²) < 4.78 is 2.02. The molecule has 1 aliphatic carbocycles. The molecule has 110 valence electrons. The number of carbonyl (C=O) groups is 1. The molecule has 0 fully saturated rings. The van der Waals surface area contributed by atoms with Gasteiger partial charge in [-0.05, 0) is 44.6 Å². The lowest BCUT2D eigenvalue weighted by molar-refractivity contribution is -0.117. The molecule has 1 aromatic rings. The molecule has 3 heteroatoms. The molecule has 0 spiro atoms. The Bertz CT molecular complexity index is 469. The first-order chi connectivity index (χ1) is 9.72. The zero-order valence-corrected chi connectivity index (χ0v) is 12.8. The predicted octanol–water partition coefficient (Wildman–Crippen LogP) is 4.25. The monoisotopic (exact) mass is 274 g/mol. The van der Waals surface area contributed by atoms with Crippen LogP contribution in [0.5, 0.6) is 0 Å². The van der Waals surface area contributed by atoms with Crippen LogP contribution < -0.4 is 0 Å². The van der Waals surface area contributed by atoms with E-state index in [1.54, 1.807) is 0 Å². The van der Waals surface area contributed by atoms with E-state index in [4.69, 9.17) is 0 Å². The number of allylic oxidation sites excluding steroid dienone is 2. The van der Waals surface area contributed by atoms with Crippen LogP contribution in [0.1, 0.15) is 70.5 Å². The van der Waals surface area contributed by atoms with Crippen molar-refractivity contribution in [3.05, 3.63) is 29.6 Å². The van der Waals surface area contributed by atoms with E-state index in [0.717, 1.165) is 31.4 Å². The number of nitrogens with zero attached hydrogens (tertiary/aromatic N) is 2. The number of Topliss-reactive ketones (excluding diaryl/α,β-unsaturated/α-hetero) is 1. The van der Waals surface area contributed by atoms with Gasteiger partial charge in [0, 0.05) is 12.6 Å². The fraction of sp³-hybridized carbons (Fsp3) is 0.647. The molecular weight excluding hydrogens is 248 g/mol. The minimum atomic E-state index is 0.299. The zero-order chi connectivity index (χ0) is 14.4. The summed E-state index contributed by atoms with van der Waals surface area (Å²) in [5.74, 6) is 0.299. The number of hydrogen-bond acceptors (Lipinski definition) is 2. The van der Waals surface area contributed by atoms with E-state index >= 15 is 0 Å². The Kier molecular flexibility index (Phi) is 5.57. The van der Waals surface area contributed by atoms with Gasteiger partial charge in [0.1, 0.15) is 5.78 Å². The standard InChI is InChI=1S/C17H26N2O/c1-3-16(4-2)19-11-10-15(18-19)13-17(20)12-14-8-6-5-7-9-14/h8,10-11,16H,3-7,9,12-13H2,1-2H3. The summed E-state index contributed by atoms with van der Waals surface area (Å²) in [6.45, 7) is 4.35. The van der Waals surface area contributed by atoms with Crippen LogP contribution in [0, 0.1) is 0 Å². The van der Waals surface area contributed by atoms with Crippen molar-refractivity contribution in [1.29, 1.82) is 0 Å².